The minimum absolute atomic E-state index is 0.0390. The molecule has 2 aliphatic heterocycles. The van der Waals surface area contributed by atoms with Crippen LogP contribution in [-0.4, -0.2) is 58.9 Å². The molecule has 2 fully saturated rings. The number of rotatable bonds is 4. The summed E-state index contributed by atoms with van der Waals surface area (Å²) < 4.78 is 5.89. The summed E-state index contributed by atoms with van der Waals surface area (Å²) in [6, 6.07) is 6.70. The summed E-state index contributed by atoms with van der Waals surface area (Å²) in [5.74, 6) is -0.342. The summed E-state index contributed by atoms with van der Waals surface area (Å²) in [6.45, 7) is 2.11. The Morgan fingerprint density at radius 1 is 1.32 bits per heavy atom. The molecule has 8 nitrogen and oxygen atoms in total. The van der Waals surface area contributed by atoms with Crippen molar-refractivity contribution in [3.05, 3.63) is 29.5 Å². The molecule has 0 unspecified atom stereocenters. The van der Waals surface area contributed by atoms with Crippen LogP contribution in [0, 0.1) is 11.3 Å². The van der Waals surface area contributed by atoms with E-state index in [0.717, 1.165) is 19.3 Å². The summed E-state index contributed by atoms with van der Waals surface area (Å²) >= 11 is 0. The lowest BCUT2D eigenvalue weighted by atomic mass is 9.99. The Kier molecular flexibility index (Phi) is 4.69. The Hall–Kier alpha value is -3.05. The van der Waals surface area contributed by atoms with Gasteiger partial charge in [0.2, 0.25) is 5.91 Å². The van der Waals surface area contributed by atoms with E-state index in [1.807, 2.05) is 4.90 Å². The average Bonchev–Trinajstić information content (AvgIpc) is 3.39. The maximum atomic E-state index is 12.6. The molecule has 2 aromatic rings. The number of phenolic OH excluding ortho intramolecular Hbond substituents is 1. The lowest BCUT2D eigenvalue weighted by Crippen LogP contribution is -2.41. The third kappa shape index (κ3) is 3.08. The normalized spacial score (nSPS) is 22.6. The van der Waals surface area contributed by atoms with Gasteiger partial charge in [-0.05, 0) is 37.9 Å². The van der Waals surface area contributed by atoms with Crippen molar-refractivity contribution < 1.29 is 19.1 Å². The first-order chi connectivity index (χ1) is 13.5. The fourth-order valence-electron chi connectivity index (χ4n) is 4.35. The van der Waals surface area contributed by atoms with E-state index in [4.69, 9.17) is 10.2 Å². The van der Waals surface area contributed by atoms with Crippen LogP contribution in [0.15, 0.2) is 22.6 Å². The van der Waals surface area contributed by atoms with Crippen LogP contribution in [0.1, 0.15) is 41.3 Å². The number of nitriles is 1. The number of nitrogens with two attached hydrogens (primary N) is 1. The van der Waals surface area contributed by atoms with E-state index in [2.05, 4.69) is 6.07 Å². The zero-order valence-electron chi connectivity index (χ0n) is 15.4. The Bertz CT molecular complexity index is 976. The van der Waals surface area contributed by atoms with Crippen LogP contribution >= 0.6 is 0 Å². The highest BCUT2D eigenvalue weighted by molar-refractivity contribution is 6.08. The van der Waals surface area contributed by atoms with Crippen molar-refractivity contribution in [2.75, 3.05) is 26.2 Å². The molecule has 0 spiro atoms. The van der Waals surface area contributed by atoms with E-state index in [1.165, 1.54) is 6.07 Å². The molecule has 0 saturated carbocycles. The van der Waals surface area contributed by atoms with Gasteiger partial charge in [-0.1, -0.05) is 6.07 Å². The molecule has 2 aliphatic rings. The van der Waals surface area contributed by atoms with E-state index >= 15 is 0 Å². The van der Waals surface area contributed by atoms with Gasteiger partial charge >= 0.3 is 0 Å². The van der Waals surface area contributed by atoms with Crippen molar-refractivity contribution in [2.24, 2.45) is 5.73 Å². The molecule has 4 rings (SSSR count). The zero-order chi connectivity index (χ0) is 19.8. The van der Waals surface area contributed by atoms with Crippen molar-refractivity contribution >= 4 is 22.8 Å². The van der Waals surface area contributed by atoms with E-state index in [9.17, 15) is 20.0 Å². The lowest BCUT2D eigenvalue weighted by Gasteiger charge is -2.23. The van der Waals surface area contributed by atoms with Gasteiger partial charge in [0.05, 0.1) is 23.6 Å². The Balaban J connectivity index is 1.53. The number of carbonyl (C=O) groups is 2. The highest BCUT2D eigenvalue weighted by Crippen LogP contribution is 2.39. The summed E-state index contributed by atoms with van der Waals surface area (Å²) in [7, 11) is 0. The van der Waals surface area contributed by atoms with Gasteiger partial charge in [0.25, 0.3) is 5.91 Å². The number of fused-ring (bicyclic) bond motifs is 1. The van der Waals surface area contributed by atoms with Crippen molar-refractivity contribution in [2.45, 2.75) is 31.2 Å². The molecule has 2 amide bonds. The number of amides is 2. The van der Waals surface area contributed by atoms with Crippen LogP contribution in [0.3, 0.4) is 0 Å². The Morgan fingerprint density at radius 3 is 2.89 bits per heavy atom. The number of carbonyl (C=O) groups excluding carboxylic acids is 2. The van der Waals surface area contributed by atoms with Crippen LogP contribution in [0.5, 0.6) is 5.75 Å². The van der Waals surface area contributed by atoms with E-state index < -0.39 is 5.91 Å². The van der Waals surface area contributed by atoms with Crippen LogP contribution in [0.25, 0.3) is 11.0 Å². The van der Waals surface area contributed by atoms with Crippen LogP contribution in [0.4, 0.5) is 0 Å². The quantitative estimate of drug-likeness (QED) is 0.827. The molecule has 1 aromatic heterocycles. The van der Waals surface area contributed by atoms with Crippen molar-refractivity contribution in [3.8, 4) is 11.8 Å². The van der Waals surface area contributed by atoms with Gasteiger partial charge in [-0.2, -0.15) is 5.26 Å². The summed E-state index contributed by atoms with van der Waals surface area (Å²) in [5.41, 5.74) is 6.22. The molecule has 1 aromatic carbocycles. The van der Waals surface area contributed by atoms with Gasteiger partial charge in [0.15, 0.2) is 0 Å². The standard InChI is InChI=1S/C20H22N4O4/c21-9-13-3-2-7-24(13)16(26)11-23-8-6-12(10-23)19-18(20(22)27)17-14(25)4-1-5-15(17)28-19/h1,4-5,12-13,25H,2-3,6-8,10-11H2,(H2,22,27)/t12-,13-/m0/s1. The number of benzene rings is 1. The van der Waals surface area contributed by atoms with E-state index in [0.29, 0.717) is 36.4 Å². The van der Waals surface area contributed by atoms with Gasteiger partial charge in [-0.3, -0.25) is 14.5 Å². The molecule has 0 radical (unpaired) electrons. The van der Waals surface area contributed by atoms with Crippen molar-refractivity contribution in [1.82, 2.24) is 9.80 Å². The molecule has 3 heterocycles. The van der Waals surface area contributed by atoms with E-state index in [-0.39, 0.29) is 35.7 Å². The van der Waals surface area contributed by atoms with Crippen molar-refractivity contribution in [1.29, 1.82) is 5.26 Å². The monoisotopic (exact) mass is 382 g/mol. The van der Waals surface area contributed by atoms with Gasteiger partial charge in [-0.25, -0.2) is 0 Å². The minimum atomic E-state index is -0.640. The number of phenols is 1. The molecule has 3 N–H and O–H groups in total. The topological polar surface area (TPSA) is 124 Å². The fraction of sp³-hybridized carbons (Fsp3) is 0.450. The fourth-order valence-corrected chi connectivity index (χ4v) is 4.35. The first kappa shape index (κ1) is 18.3. The summed E-state index contributed by atoms with van der Waals surface area (Å²) in [5, 5.41) is 19.7. The molecule has 2 atom stereocenters. The third-order valence-corrected chi connectivity index (χ3v) is 5.69. The SMILES string of the molecule is N#C[C@@H]1CCCN1C(=O)CN1CC[C@H](c2oc3cccc(O)c3c2C(N)=O)C1. The number of hydrogen-bond donors (Lipinski definition) is 2. The first-order valence-electron chi connectivity index (χ1n) is 9.45. The zero-order valence-corrected chi connectivity index (χ0v) is 15.4. The molecule has 28 heavy (non-hydrogen) atoms. The second-order valence-corrected chi connectivity index (χ2v) is 7.45. The molecule has 146 valence electrons. The summed E-state index contributed by atoms with van der Waals surface area (Å²) in [4.78, 5) is 28.3. The second-order valence-electron chi connectivity index (χ2n) is 7.45. The van der Waals surface area contributed by atoms with E-state index in [1.54, 1.807) is 17.0 Å². The molecule has 8 heteroatoms. The number of primary amides is 1. The predicted octanol–water partition coefficient (Wildman–Crippen LogP) is 1.54. The number of aromatic hydroxyl groups is 1. The highest BCUT2D eigenvalue weighted by Gasteiger charge is 2.35. The summed E-state index contributed by atoms with van der Waals surface area (Å²) in [6.07, 6.45) is 2.31. The number of furan rings is 1. The third-order valence-electron chi connectivity index (χ3n) is 5.69. The van der Waals surface area contributed by atoms with Gasteiger partial charge in [0, 0.05) is 19.0 Å². The molecular formula is C20H22N4O4. The smallest absolute Gasteiger partial charge is 0.253 e. The Morgan fingerprint density at radius 2 is 2.14 bits per heavy atom. The maximum Gasteiger partial charge on any atom is 0.253 e. The second kappa shape index (κ2) is 7.17. The van der Waals surface area contributed by atoms with Gasteiger partial charge in [-0.15, -0.1) is 0 Å². The Labute approximate surface area is 162 Å². The number of likely N-dealkylation sites (tertiary alicyclic amines) is 2. The maximum absolute atomic E-state index is 12.6. The highest BCUT2D eigenvalue weighted by atomic mass is 16.3. The van der Waals surface area contributed by atoms with Crippen LogP contribution < -0.4 is 5.73 Å². The molecule has 0 bridgehead atoms. The van der Waals surface area contributed by atoms with Gasteiger partial charge < -0.3 is 20.2 Å². The molecule has 2 saturated heterocycles. The largest absolute Gasteiger partial charge is 0.507 e. The number of nitrogens with zero attached hydrogens (tertiary/aromatic N) is 3. The minimum Gasteiger partial charge on any atom is -0.507 e. The number of hydrogen-bond acceptors (Lipinski definition) is 6. The lowest BCUT2D eigenvalue weighted by molar-refractivity contribution is -0.132. The predicted molar refractivity (Wildman–Crippen MR) is 101 cm³/mol. The van der Waals surface area contributed by atoms with Crippen LogP contribution in [0.2, 0.25) is 0 Å². The first-order valence-corrected chi connectivity index (χ1v) is 9.45. The average molecular weight is 382 g/mol. The molecule has 0 aliphatic carbocycles. The van der Waals surface area contributed by atoms with Crippen LogP contribution in [-0.2, 0) is 4.79 Å². The molecular weight excluding hydrogens is 360 g/mol. The van der Waals surface area contributed by atoms with Crippen molar-refractivity contribution in [3.63, 3.8) is 0 Å². The van der Waals surface area contributed by atoms with Gasteiger partial charge in [0.1, 0.15) is 23.1 Å².